The van der Waals surface area contributed by atoms with Gasteiger partial charge in [0.25, 0.3) is 0 Å². The van der Waals surface area contributed by atoms with Crippen molar-refractivity contribution in [3.05, 3.63) is 187 Å². The summed E-state index contributed by atoms with van der Waals surface area (Å²) in [6.07, 6.45) is 0.842. The Hall–Kier alpha value is -6.95. The highest BCUT2D eigenvalue weighted by atomic mass is 32.1. The fraction of sp³-hybridized carbons (Fsp3) is 0.0200. The highest BCUT2D eigenvalue weighted by Gasteiger charge is 2.24. The molecule has 12 rings (SSSR count). The molecule has 4 nitrogen and oxygen atoms in total. The van der Waals surface area contributed by atoms with E-state index in [4.69, 9.17) is 9.40 Å². The standard InChI is InChI=1S/C50H31N3OS/c1-3-11-31(12-4-1)50-51-44-27-33-25-32-26-35(19-22-38(32)42(33)30-47(44)54-50)52(37-20-23-41-40-16-8-10-18-48(40)55-49(41)29-37)36-21-24-46-43(28-36)39-15-7-9-17-45(39)53(46)34-13-5-2-6-14-34/h1-24,26-30H,25H2. The Morgan fingerprint density at radius 1 is 0.509 bits per heavy atom. The molecule has 0 unspecified atom stereocenters. The molecular weight excluding hydrogens is 691 g/mol. The van der Waals surface area contributed by atoms with Gasteiger partial charge in [-0.2, -0.15) is 0 Å². The van der Waals surface area contributed by atoms with E-state index >= 15 is 0 Å². The molecule has 0 amide bonds. The van der Waals surface area contributed by atoms with E-state index in [0.717, 1.165) is 45.8 Å². The smallest absolute Gasteiger partial charge is 0.227 e. The zero-order valence-electron chi connectivity index (χ0n) is 29.6. The van der Waals surface area contributed by atoms with E-state index in [0.29, 0.717) is 5.89 Å². The maximum absolute atomic E-state index is 6.30. The van der Waals surface area contributed by atoms with Gasteiger partial charge in [0.05, 0.1) is 11.0 Å². The van der Waals surface area contributed by atoms with E-state index in [2.05, 4.69) is 155 Å². The summed E-state index contributed by atoms with van der Waals surface area (Å²) >= 11 is 1.86. The van der Waals surface area contributed by atoms with Gasteiger partial charge in [0.2, 0.25) is 5.89 Å². The van der Waals surface area contributed by atoms with Gasteiger partial charge in [-0.3, -0.25) is 0 Å². The van der Waals surface area contributed by atoms with E-state index in [1.165, 1.54) is 64.2 Å². The van der Waals surface area contributed by atoms with Gasteiger partial charge in [0.1, 0.15) is 5.52 Å². The molecule has 55 heavy (non-hydrogen) atoms. The van der Waals surface area contributed by atoms with E-state index in [1.807, 2.05) is 41.7 Å². The average molecular weight is 722 g/mol. The Morgan fingerprint density at radius 3 is 2.07 bits per heavy atom. The van der Waals surface area contributed by atoms with Crippen molar-refractivity contribution in [1.82, 2.24) is 9.55 Å². The molecule has 0 spiro atoms. The lowest BCUT2D eigenvalue weighted by Crippen LogP contribution is -2.10. The minimum atomic E-state index is 0.657. The number of nitrogens with zero attached hydrogens (tertiary/aromatic N) is 3. The molecule has 11 aromatic rings. The molecule has 3 heterocycles. The number of aromatic nitrogens is 2. The van der Waals surface area contributed by atoms with Crippen molar-refractivity contribution in [2.75, 3.05) is 4.90 Å². The predicted octanol–water partition coefficient (Wildman–Crippen LogP) is 14.0. The second kappa shape index (κ2) is 11.8. The van der Waals surface area contributed by atoms with Crippen LogP contribution in [-0.4, -0.2) is 9.55 Å². The maximum Gasteiger partial charge on any atom is 0.227 e. The first-order valence-corrected chi connectivity index (χ1v) is 19.5. The summed E-state index contributed by atoms with van der Waals surface area (Å²) in [7, 11) is 0. The second-order valence-corrected chi connectivity index (χ2v) is 15.5. The molecule has 0 bridgehead atoms. The molecule has 3 aromatic heterocycles. The molecule has 0 N–H and O–H groups in total. The van der Waals surface area contributed by atoms with Crippen molar-refractivity contribution in [1.29, 1.82) is 0 Å². The third-order valence-corrected chi connectivity index (χ3v) is 12.3. The van der Waals surface area contributed by atoms with Gasteiger partial charge in [0.15, 0.2) is 5.58 Å². The van der Waals surface area contributed by atoms with Gasteiger partial charge in [-0.05, 0) is 120 Å². The van der Waals surface area contributed by atoms with Crippen LogP contribution in [0.3, 0.4) is 0 Å². The maximum atomic E-state index is 6.30. The summed E-state index contributed by atoms with van der Waals surface area (Å²) in [6.45, 7) is 0. The number of oxazole rings is 1. The molecular formula is C50H31N3OS. The minimum absolute atomic E-state index is 0.657. The minimum Gasteiger partial charge on any atom is -0.436 e. The molecule has 0 saturated heterocycles. The third-order valence-electron chi connectivity index (χ3n) is 11.2. The third kappa shape index (κ3) is 4.73. The number of hydrogen-bond donors (Lipinski definition) is 0. The van der Waals surface area contributed by atoms with Crippen LogP contribution >= 0.6 is 11.3 Å². The number of fused-ring (bicyclic) bond motifs is 10. The van der Waals surface area contributed by atoms with Crippen LogP contribution < -0.4 is 4.90 Å². The number of hydrogen-bond acceptors (Lipinski definition) is 4. The predicted molar refractivity (Wildman–Crippen MR) is 230 cm³/mol. The zero-order valence-corrected chi connectivity index (χ0v) is 30.4. The number of rotatable bonds is 5. The average Bonchev–Trinajstić information content (AvgIpc) is 4.00. The van der Waals surface area contributed by atoms with Gasteiger partial charge in [-0.25, -0.2) is 4.98 Å². The first-order chi connectivity index (χ1) is 27.2. The summed E-state index contributed by atoms with van der Waals surface area (Å²) in [5.41, 5.74) is 14.7. The Bertz CT molecular complexity index is 3300. The van der Waals surface area contributed by atoms with Crippen LogP contribution in [0.5, 0.6) is 0 Å². The Labute approximate surface area is 320 Å². The van der Waals surface area contributed by atoms with E-state index < -0.39 is 0 Å². The van der Waals surface area contributed by atoms with E-state index in [-0.39, 0.29) is 0 Å². The zero-order chi connectivity index (χ0) is 36.0. The first kappa shape index (κ1) is 30.5. The molecule has 0 saturated carbocycles. The van der Waals surface area contributed by atoms with Crippen LogP contribution in [-0.2, 0) is 6.42 Å². The highest BCUT2D eigenvalue weighted by Crippen LogP contribution is 2.46. The molecule has 5 heteroatoms. The van der Waals surface area contributed by atoms with E-state index in [9.17, 15) is 0 Å². The number of anilines is 3. The summed E-state index contributed by atoms with van der Waals surface area (Å²) in [4.78, 5) is 7.31. The lowest BCUT2D eigenvalue weighted by atomic mass is 10.0. The molecule has 0 fully saturated rings. The van der Waals surface area contributed by atoms with Crippen LogP contribution in [0.1, 0.15) is 11.1 Å². The summed E-state index contributed by atoms with van der Waals surface area (Å²) in [5.74, 6) is 0.657. The second-order valence-electron chi connectivity index (χ2n) is 14.4. The summed E-state index contributed by atoms with van der Waals surface area (Å²) < 4.78 is 11.3. The molecule has 8 aromatic carbocycles. The molecule has 1 aliphatic rings. The van der Waals surface area contributed by atoms with Crippen LogP contribution in [0.15, 0.2) is 180 Å². The van der Waals surface area contributed by atoms with Crippen molar-refractivity contribution < 1.29 is 4.42 Å². The molecule has 258 valence electrons. The Balaban J connectivity index is 1.02. The lowest BCUT2D eigenvalue weighted by molar-refractivity contribution is 0.620. The number of benzene rings is 8. The van der Waals surface area contributed by atoms with Crippen LogP contribution in [0.4, 0.5) is 17.1 Å². The van der Waals surface area contributed by atoms with Gasteiger partial charge in [0, 0.05) is 59.3 Å². The van der Waals surface area contributed by atoms with Crippen molar-refractivity contribution in [3.8, 4) is 28.3 Å². The summed E-state index contributed by atoms with van der Waals surface area (Å²) in [6, 6.07) is 63.5. The van der Waals surface area contributed by atoms with Gasteiger partial charge in [-0.15, -0.1) is 11.3 Å². The SMILES string of the molecule is c1ccc(-c2nc3cc4c(cc3o2)-c2ccc(N(c3ccc5c(c3)sc3ccccc35)c3ccc5c(c3)c3ccccc3n5-c3ccccc3)cc2C4)cc1. The van der Waals surface area contributed by atoms with Gasteiger partial charge < -0.3 is 13.9 Å². The molecule has 0 atom stereocenters. The Kier molecular flexibility index (Phi) is 6.53. The van der Waals surface area contributed by atoms with Crippen LogP contribution in [0, 0.1) is 0 Å². The van der Waals surface area contributed by atoms with Crippen LogP contribution in [0.2, 0.25) is 0 Å². The van der Waals surface area contributed by atoms with Crippen molar-refractivity contribution in [3.63, 3.8) is 0 Å². The lowest BCUT2D eigenvalue weighted by Gasteiger charge is -2.26. The largest absolute Gasteiger partial charge is 0.436 e. The molecule has 0 radical (unpaired) electrons. The first-order valence-electron chi connectivity index (χ1n) is 18.7. The topological polar surface area (TPSA) is 34.2 Å². The van der Waals surface area contributed by atoms with Crippen LogP contribution in [0.25, 0.3) is 81.3 Å². The van der Waals surface area contributed by atoms with Gasteiger partial charge >= 0.3 is 0 Å². The van der Waals surface area contributed by atoms with Crippen molar-refractivity contribution in [2.45, 2.75) is 6.42 Å². The number of para-hydroxylation sites is 2. The fourth-order valence-electron chi connectivity index (χ4n) is 8.71. The quantitative estimate of drug-likeness (QED) is 0.177. The van der Waals surface area contributed by atoms with Crippen molar-refractivity contribution >= 4 is 81.5 Å². The summed E-state index contributed by atoms with van der Waals surface area (Å²) in [5, 5.41) is 5.06. The number of thiophene rings is 1. The normalized spacial score (nSPS) is 12.3. The fourth-order valence-corrected chi connectivity index (χ4v) is 9.85. The highest BCUT2D eigenvalue weighted by molar-refractivity contribution is 7.25. The molecule has 0 aliphatic heterocycles. The van der Waals surface area contributed by atoms with Gasteiger partial charge in [-0.1, -0.05) is 84.9 Å². The monoisotopic (exact) mass is 721 g/mol. The molecule has 1 aliphatic carbocycles. The van der Waals surface area contributed by atoms with E-state index in [1.54, 1.807) is 0 Å². The Morgan fingerprint density at radius 2 is 1.18 bits per heavy atom. The van der Waals surface area contributed by atoms with Crippen molar-refractivity contribution in [2.24, 2.45) is 0 Å².